The molecule has 0 saturated carbocycles. The van der Waals surface area contributed by atoms with Crippen LogP contribution >= 0.6 is 0 Å². The number of aryl methyl sites for hydroxylation is 1. The smallest absolute Gasteiger partial charge is 0.371 e. The third-order valence-electron chi connectivity index (χ3n) is 4.96. The number of aromatic carboxylic acids is 1. The lowest BCUT2D eigenvalue weighted by atomic mass is 10.1. The van der Waals surface area contributed by atoms with Gasteiger partial charge in [0.1, 0.15) is 17.4 Å². The van der Waals surface area contributed by atoms with Gasteiger partial charge in [0.05, 0.1) is 6.54 Å². The van der Waals surface area contributed by atoms with Crippen molar-refractivity contribution in [3.8, 4) is 6.07 Å². The quantitative estimate of drug-likeness (QED) is 0.340. The van der Waals surface area contributed by atoms with E-state index in [9.17, 15) is 14.9 Å². The first-order valence-electron chi connectivity index (χ1n) is 9.84. The summed E-state index contributed by atoms with van der Waals surface area (Å²) >= 11 is 0. The van der Waals surface area contributed by atoms with Crippen molar-refractivity contribution in [2.24, 2.45) is 0 Å². The summed E-state index contributed by atoms with van der Waals surface area (Å²) in [5.41, 5.74) is 3.15. The predicted octanol–water partition coefficient (Wildman–Crippen LogP) is 4.83. The van der Waals surface area contributed by atoms with E-state index in [2.05, 4.69) is 5.32 Å². The van der Waals surface area contributed by atoms with Crippen molar-refractivity contribution in [2.75, 3.05) is 5.32 Å². The van der Waals surface area contributed by atoms with Gasteiger partial charge in [-0.1, -0.05) is 30.3 Å². The van der Waals surface area contributed by atoms with E-state index in [1.165, 1.54) is 6.07 Å². The van der Waals surface area contributed by atoms with Crippen LogP contribution in [0.1, 0.15) is 27.4 Å². The van der Waals surface area contributed by atoms with Crippen molar-refractivity contribution in [1.29, 1.82) is 5.26 Å². The summed E-state index contributed by atoms with van der Waals surface area (Å²) in [7, 11) is 0. The number of rotatable bonds is 6. The standard InChI is InChI=1S/C25H19N3O4/c1-16-5-4-6-19(11-16)27-24(29)17(13-26)12-18-14-28(22-8-3-2-7-21(18)22)15-20-9-10-23(32-20)25(30)31/h2-12,14H,15H2,1H3,(H,27,29)(H,30,31). The molecular formula is C25H19N3O4. The van der Waals surface area contributed by atoms with Gasteiger partial charge in [0.25, 0.3) is 5.91 Å². The number of nitrogens with one attached hydrogen (secondary N) is 1. The number of carbonyl (C=O) groups excluding carboxylic acids is 1. The largest absolute Gasteiger partial charge is 0.475 e. The number of benzene rings is 2. The zero-order valence-electron chi connectivity index (χ0n) is 17.2. The van der Waals surface area contributed by atoms with E-state index < -0.39 is 11.9 Å². The van der Waals surface area contributed by atoms with Gasteiger partial charge in [-0.25, -0.2) is 4.79 Å². The molecule has 0 spiro atoms. The van der Waals surface area contributed by atoms with Gasteiger partial charge >= 0.3 is 5.97 Å². The van der Waals surface area contributed by atoms with Crippen LogP contribution in [0.25, 0.3) is 17.0 Å². The Kier molecular flexibility index (Phi) is 5.60. The van der Waals surface area contributed by atoms with E-state index in [-0.39, 0.29) is 11.3 Å². The molecule has 7 nitrogen and oxygen atoms in total. The molecule has 0 aliphatic rings. The molecule has 2 aromatic carbocycles. The molecule has 4 aromatic rings. The van der Waals surface area contributed by atoms with Crippen molar-refractivity contribution in [1.82, 2.24) is 4.57 Å². The molecule has 158 valence electrons. The zero-order valence-corrected chi connectivity index (χ0v) is 17.2. The topological polar surface area (TPSA) is 108 Å². The molecule has 2 heterocycles. The molecule has 0 aliphatic heterocycles. The summed E-state index contributed by atoms with van der Waals surface area (Å²) in [4.78, 5) is 23.8. The predicted molar refractivity (Wildman–Crippen MR) is 120 cm³/mol. The molecule has 2 aromatic heterocycles. The average Bonchev–Trinajstić information content (AvgIpc) is 3.38. The highest BCUT2D eigenvalue weighted by molar-refractivity contribution is 6.10. The summed E-state index contributed by atoms with van der Waals surface area (Å²) in [6.45, 7) is 2.23. The molecule has 1 amide bonds. The molecule has 4 rings (SSSR count). The fraction of sp³-hybridized carbons (Fsp3) is 0.0800. The highest BCUT2D eigenvalue weighted by atomic mass is 16.4. The Morgan fingerprint density at radius 2 is 1.97 bits per heavy atom. The van der Waals surface area contributed by atoms with Gasteiger partial charge in [-0.3, -0.25) is 4.79 Å². The number of aromatic nitrogens is 1. The fourth-order valence-corrected chi connectivity index (χ4v) is 3.49. The first-order chi connectivity index (χ1) is 15.4. The second kappa shape index (κ2) is 8.66. The van der Waals surface area contributed by atoms with Gasteiger partial charge in [0.15, 0.2) is 0 Å². The monoisotopic (exact) mass is 425 g/mol. The second-order valence-electron chi connectivity index (χ2n) is 7.29. The molecule has 0 aliphatic carbocycles. The van der Waals surface area contributed by atoms with Crippen LogP contribution in [-0.4, -0.2) is 21.6 Å². The van der Waals surface area contributed by atoms with Crippen LogP contribution in [0.2, 0.25) is 0 Å². The first-order valence-corrected chi connectivity index (χ1v) is 9.84. The minimum atomic E-state index is -1.13. The first kappa shape index (κ1) is 20.7. The van der Waals surface area contributed by atoms with Crippen molar-refractivity contribution in [3.05, 3.63) is 95.1 Å². The lowest BCUT2D eigenvalue weighted by Crippen LogP contribution is -2.13. The Balaban J connectivity index is 1.67. The number of carbonyl (C=O) groups is 2. The molecule has 0 saturated heterocycles. The summed E-state index contributed by atoms with van der Waals surface area (Å²) < 4.78 is 7.26. The lowest BCUT2D eigenvalue weighted by Gasteiger charge is -2.05. The zero-order chi connectivity index (χ0) is 22.7. The number of carboxylic acids is 1. The summed E-state index contributed by atoms with van der Waals surface area (Å²) in [5, 5.41) is 22.3. The van der Waals surface area contributed by atoms with E-state index >= 15 is 0 Å². The fourth-order valence-electron chi connectivity index (χ4n) is 3.49. The third kappa shape index (κ3) is 4.30. The van der Waals surface area contributed by atoms with Gasteiger partial charge in [0, 0.05) is 28.4 Å². The van der Waals surface area contributed by atoms with Crippen LogP contribution in [0.15, 0.2) is 76.9 Å². The van der Waals surface area contributed by atoms with Crippen LogP contribution in [-0.2, 0) is 11.3 Å². The maximum absolute atomic E-state index is 12.7. The summed E-state index contributed by atoms with van der Waals surface area (Å²) in [5.74, 6) is -1.27. The number of fused-ring (bicyclic) bond motifs is 1. The van der Waals surface area contributed by atoms with Crippen molar-refractivity contribution >= 4 is 34.5 Å². The van der Waals surface area contributed by atoms with Crippen LogP contribution < -0.4 is 5.32 Å². The van der Waals surface area contributed by atoms with Gasteiger partial charge in [-0.05, 0) is 48.9 Å². The number of nitriles is 1. The van der Waals surface area contributed by atoms with Crippen LogP contribution in [0.5, 0.6) is 0 Å². The Bertz CT molecular complexity index is 1400. The molecule has 7 heteroatoms. The van der Waals surface area contributed by atoms with E-state index in [0.717, 1.165) is 16.5 Å². The number of hydrogen-bond acceptors (Lipinski definition) is 4. The van der Waals surface area contributed by atoms with Crippen LogP contribution in [0, 0.1) is 18.3 Å². The Hall–Kier alpha value is -4.57. The van der Waals surface area contributed by atoms with E-state index in [1.54, 1.807) is 18.2 Å². The number of carboxylic acid groups (broad SMARTS) is 1. The number of furan rings is 1. The van der Waals surface area contributed by atoms with Gasteiger partial charge in [-0.15, -0.1) is 0 Å². The van der Waals surface area contributed by atoms with Crippen LogP contribution in [0.4, 0.5) is 5.69 Å². The maximum Gasteiger partial charge on any atom is 0.371 e. The maximum atomic E-state index is 12.7. The van der Waals surface area contributed by atoms with E-state index in [1.807, 2.05) is 66.2 Å². The van der Waals surface area contributed by atoms with Crippen molar-refractivity contribution in [2.45, 2.75) is 13.5 Å². The molecular weight excluding hydrogens is 406 g/mol. The SMILES string of the molecule is Cc1cccc(NC(=O)C(C#N)=Cc2cn(Cc3ccc(C(=O)O)o3)c3ccccc23)c1. The van der Waals surface area contributed by atoms with Gasteiger partial charge in [0.2, 0.25) is 5.76 Å². The molecule has 0 radical (unpaired) electrons. The minimum absolute atomic E-state index is 0.0272. The molecule has 0 bridgehead atoms. The van der Waals surface area contributed by atoms with E-state index in [4.69, 9.17) is 9.52 Å². The molecule has 0 fully saturated rings. The number of nitrogens with zero attached hydrogens (tertiary/aromatic N) is 2. The minimum Gasteiger partial charge on any atom is -0.475 e. The number of para-hydroxylation sites is 1. The normalized spacial score (nSPS) is 11.3. The highest BCUT2D eigenvalue weighted by Crippen LogP contribution is 2.25. The Morgan fingerprint density at radius 3 is 2.69 bits per heavy atom. The molecule has 32 heavy (non-hydrogen) atoms. The Labute approximate surface area is 183 Å². The van der Waals surface area contributed by atoms with Crippen LogP contribution in [0.3, 0.4) is 0 Å². The highest BCUT2D eigenvalue weighted by Gasteiger charge is 2.15. The average molecular weight is 425 g/mol. The van der Waals surface area contributed by atoms with Crippen molar-refractivity contribution < 1.29 is 19.1 Å². The van der Waals surface area contributed by atoms with Gasteiger partial charge in [-0.2, -0.15) is 5.26 Å². The molecule has 2 N–H and O–H groups in total. The lowest BCUT2D eigenvalue weighted by molar-refractivity contribution is -0.112. The molecule has 0 unspecified atom stereocenters. The van der Waals surface area contributed by atoms with E-state index in [0.29, 0.717) is 23.6 Å². The summed E-state index contributed by atoms with van der Waals surface area (Å²) in [6, 6.07) is 19.9. The number of anilines is 1. The third-order valence-corrected chi connectivity index (χ3v) is 4.96. The number of amides is 1. The van der Waals surface area contributed by atoms with Crippen molar-refractivity contribution in [3.63, 3.8) is 0 Å². The summed E-state index contributed by atoms with van der Waals surface area (Å²) in [6.07, 6.45) is 3.36. The van der Waals surface area contributed by atoms with Gasteiger partial charge < -0.3 is 19.4 Å². The Morgan fingerprint density at radius 1 is 1.16 bits per heavy atom. The number of hydrogen-bond donors (Lipinski definition) is 2. The molecule has 0 atom stereocenters. The second-order valence-corrected chi connectivity index (χ2v) is 7.29.